The van der Waals surface area contributed by atoms with Gasteiger partial charge in [0.1, 0.15) is 11.8 Å². The summed E-state index contributed by atoms with van der Waals surface area (Å²) in [5, 5.41) is 4.24. The number of carbonyl (C=O) groups excluding carboxylic acids is 1. The fraction of sp³-hybridized carbons (Fsp3) is 0.346. The lowest BCUT2D eigenvalue weighted by molar-refractivity contribution is -0.130. The molecule has 170 valence electrons. The van der Waals surface area contributed by atoms with Crippen LogP contribution in [-0.4, -0.2) is 52.9 Å². The van der Waals surface area contributed by atoms with Crippen LogP contribution in [0.3, 0.4) is 0 Å². The second kappa shape index (κ2) is 9.10. The van der Waals surface area contributed by atoms with Crippen molar-refractivity contribution in [3.63, 3.8) is 0 Å². The third kappa shape index (κ3) is 4.49. The van der Waals surface area contributed by atoms with Crippen molar-refractivity contribution in [1.82, 2.24) is 14.7 Å². The Balaban J connectivity index is 1.28. The zero-order valence-corrected chi connectivity index (χ0v) is 18.8. The molecular weight excluding hydrogens is 416 g/mol. The molecule has 0 spiro atoms. The zero-order chi connectivity index (χ0) is 22.8. The van der Waals surface area contributed by atoms with Crippen molar-refractivity contribution >= 4 is 11.6 Å². The van der Waals surface area contributed by atoms with E-state index in [0.717, 1.165) is 18.4 Å². The van der Waals surface area contributed by atoms with Crippen molar-refractivity contribution < 1.29 is 9.53 Å². The number of hydrogen-bond donors (Lipinski definition) is 0. The summed E-state index contributed by atoms with van der Waals surface area (Å²) < 4.78 is 7.63. The summed E-state index contributed by atoms with van der Waals surface area (Å²) in [6.07, 6.45) is 3.64. The molecule has 2 aliphatic rings. The molecule has 5 rings (SSSR count). The second-order valence-electron chi connectivity index (χ2n) is 8.73. The number of hydrogen-bond acceptors (Lipinski definition) is 5. The number of carbonyl (C=O) groups is 1. The molecule has 0 radical (unpaired) electrons. The smallest absolute Gasteiger partial charge is 0.311 e. The molecule has 3 aromatic rings. The van der Waals surface area contributed by atoms with Crippen LogP contribution < -0.4 is 15.2 Å². The minimum Gasteiger partial charge on any atom is -0.482 e. The van der Waals surface area contributed by atoms with E-state index in [4.69, 9.17) is 4.74 Å². The minimum atomic E-state index is -0.231. The van der Waals surface area contributed by atoms with E-state index in [1.54, 1.807) is 13.2 Å². The van der Waals surface area contributed by atoms with Crippen LogP contribution in [0.1, 0.15) is 16.7 Å². The van der Waals surface area contributed by atoms with E-state index in [1.807, 2.05) is 47.4 Å². The summed E-state index contributed by atoms with van der Waals surface area (Å²) in [6.45, 7) is 2.48. The van der Waals surface area contributed by atoms with E-state index < -0.39 is 0 Å². The third-order valence-electron chi connectivity index (χ3n) is 6.54. The largest absolute Gasteiger partial charge is 0.482 e. The number of rotatable bonds is 5. The van der Waals surface area contributed by atoms with E-state index in [-0.39, 0.29) is 17.6 Å². The van der Waals surface area contributed by atoms with Gasteiger partial charge in [-0.15, -0.1) is 0 Å². The van der Waals surface area contributed by atoms with Gasteiger partial charge in [-0.05, 0) is 16.7 Å². The molecule has 2 heterocycles. The number of ether oxygens (including phenoxy) is 1. The van der Waals surface area contributed by atoms with E-state index in [2.05, 4.69) is 22.1 Å². The Hall–Kier alpha value is -3.61. The van der Waals surface area contributed by atoms with Gasteiger partial charge in [0.25, 0.3) is 0 Å². The van der Waals surface area contributed by atoms with Crippen LogP contribution in [0.4, 0.5) is 5.69 Å². The van der Waals surface area contributed by atoms with Gasteiger partial charge in [-0.2, -0.15) is 5.10 Å². The Kier molecular flexibility index (Phi) is 5.86. The topological polar surface area (TPSA) is 67.7 Å². The third-order valence-corrected chi connectivity index (χ3v) is 6.54. The summed E-state index contributed by atoms with van der Waals surface area (Å²) in [5.41, 5.74) is 4.06. The van der Waals surface area contributed by atoms with Gasteiger partial charge in [-0.1, -0.05) is 54.6 Å². The zero-order valence-electron chi connectivity index (χ0n) is 18.8. The Morgan fingerprint density at radius 3 is 2.27 bits per heavy atom. The molecule has 1 aliphatic heterocycles. The van der Waals surface area contributed by atoms with Crippen molar-refractivity contribution in [1.29, 1.82) is 0 Å². The Morgan fingerprint density at radius 2 is 1.61 bits per heavy atom. The number of aryl methyl sites for hydroxylation is 1. The summed E-state index contributed by atoms with van der Waals surface area (Å²) in [5.74, 6) is 0.484. The van der Waals surface area contributed by atoms with E-state index >= 15 is 0 Å². The van der Waals surface area contributed by atoms with Crippen molar-refractivity contribution in [2.45, 2.75) is 25.4 Å². The van der Waals surface area contributed by atoms with Gasteiger partial charge in [-0.3, -0.25) is 9.59 Å². The molecule has 0 bridgehead atoms. The fourth-order valence-electron chi connectivity index (χ4n) is 4.69. The van der Waals surface area contributed by atoms with E-state index in [1.165, 1.54) is 15.8 Å². The quantitative estimate of drug-likeness (QED) is 0.604. The maximum atomic E-state index is 13.0. The molecule has 0 N–H and O–H groups in total. The minimum absolute atomic E-state index is 0.0648. The molecule has 1 saturated heterocycles. The van der Waals surface area contributed by atoms with Gasteiger partial charge < -0.3 is 14.5 Å². The van der Waals surface area contributed by atoms with Crippen LogP contribution in [0.2, 0.25) is 0 Å². The maximum Gasteiger partial charge on any atom is 0.311 e. The maximum absolute atomic E-state index is 13.0. The number of piperazine rings is 1. The van der Waals surface area contributed by atoms with Crippen LogP contribution in [-0.2, 0) is 31.1 Å². The first-order valence-corrected chi connectivity index (χ1v) is 11.4. The van der Waals surface area contributed by atoms with Gasteiger partial charge >= 0.3 is 5.56 Å². The average molecular weight is 445 g/mol. The van der Waals surface area contributed by atoms with Crippen molar-refractivity contribution in [3.05, 3.63) is 87.8 Å². The van der Waals surface area contributed by atoms with Crippen molar-refractivity contribution in [3.8, 4) is 5.75 Å². The average Bonchev–Trinajstić information content (AvgIpc) is 3.25. The van der Waals surface area contributed by atoms with Gasteiger partial charge in [-0.25, -0.2) is 4.68 Å². The van der Waals surface area contributed by atoms with Gasteiger partial charge in [0.15, 0.2) is 0 Å². The SMILES string of the molecule is Cn1ncc(N2CCN(C(=O)Cc3ccccc3)CC2)c(OC2Cc3ccccc3C2)c1=O. The highest BCUT2D eigenvalue weighted by atomic mass is 16.5. The lowest BCUT2D eigenvalue weighted by Gasteiger charge is -2.36. The summed E-state index contributed by atoms with van der Waals surface area (Å²) in [4.78, 5) is 29.7. The number of aromatic nitrogens is 2. The lowest BCUT2D eigenvalue weighted by atomic mass is 10.1. The molecule has 0 saturated carbocycles. The first-order chi connectivity index (χ1) is 16.1. The first-order valence-electron chi connectivity index (χ1n) is 11.4. The van der Waals surface area contributed by atoms with Gasteiger partial charge in [0.2, 0.25) is 11.7 Å². The number of fused-ring (bicyclic) bond motifs is 1. The Morgan fingerprint density at radius 1 is 0.970 bits per heavy atom. The molecule has 33 heavy (non-hydrogen) atoms. The molecule has 7 heteroatoms. The second-order valence-corrected chi connectivity index (χ2v) is 8.73. The molecule has 7 nitrogen and oxygen atoms in total. The van der Waals surface area contributed by atoms with Crippen LogP contribution >= 0.6 is 0 Å². The fourth-order valence-corrected chi connectivity index (χ4v) is 4.69. The number of nitrogens with zero attached hydrogens (tertiary/aromatic N) is 4. The summed E-state index contributed by atoms with van der Waals surface area (Å²) >= 11 is 0. The highest BCUT2D eigenvalue weighted by Crippen LogP contribution is 2.30. The molecule has 1 aliphatic carbocycles. The molecule has 1 aromatic heterocycles. The van der Waals surface area contributed by atoms with Crippen LogP contribution in [0, 0.1) is 0 Å². The molecule has 0 unspecified atom stereocenters. The summed E-state index contributed by atoms with van der Waals surface area (Å²) in [6, 6.07) is 18.1. The molecular formula is C26H28N4O3. The van der Waals surface area contributed by atoms with Crippen molar-refractivity contribution in [2.24, 2.45) is 7.05 Å². The van der Waals surface area contributed by atoms with E-state index in [0.29, 0.717) is 44.0 Å². The Labute approximate surface area is 193 Å². The van der Waals surface area contributed by atoms with Crippen LogP contribution in [0.15, 0.2) is 65.6 Å². The van der Waals surface area contributed by atoms with Crippen LogP contribution in [0.5, 0.6) is 5.75 Å². The number of anilines is 1. The predicted molar refractivity (Wildman–Crippen MR) is 127 cm³/mol. The molecule has 2 aromatic carbocycles. The first kappa shape index (κ1) is 21.2. The number of benzene rings is 2. The lowest BCUT2D eigenvalue weighted by Crippen LogP contribution is -2.49. The van der Waals surface area contributed by atoms with Crippen molar-refractivity contribution in [2.75, 3.05) is 31.1 Å². The normalized spacial score (nSPS) is 16.0. The highest BCUT2D eigenvalue weighted by Gasteiger charge is 2.28. The number of amides is 1. The van der Waals surface area contributed by atoms with Gasteiger partial charge in [0.05, 0.1) is 12.6 Å². The summed E-state index contributed by atoms with van der Waals surface area (Å²) in [7, 11) is 1.64. The standard InChI is InChI=1S/C26H28N4O3/c1-28-26(32)25(33-22-16-20-9-5-6-10-21(20)17-22)23(18-27-28)29-11-13-30(14-12-29)24(31)15-19-7-3-2-4-8-19/h2-10,18,22H,11-17H2,1H3. The van der Waals surface area contributed by atoms with E-state index in [9.17, 15) is 9.59 Å². The molecule has 1 amide bonds. The van der Waals surface area contributed by atoms with Crippen LogP contribution in [0.25, 0.3) is 0 Å². The molecule has 1 fully saturated rings. The van der Waals surface area contributed by atoms with Gasteiger partial charge in [0, 0.05) is 46.1 Å². The monoisotopic (exact) mass is 444 g/mol. The predicted octanol–water partition coefficient (Wildman–Crippen LogP) is 2.22. The Bertz CT molecular complexity index is 1170. The highest BCUT2D eigenvalue weighted by molar-refractivity contribution is 5.79. The molecule has 0 atom stereocenters.